The Morgan fingerprint density at radius 2 is 1.50 bits per heavy atom. The highest BCUT2D eigenvalue weighted by Crippen LogP contribution is 2.44. The van der Waals surface area contributed by atoms with Gasteiger partial charge in [0.25, 0.3) is 5.91 Å². The average molecular weight is 459 g/mol. The molecule has 0 heterocycles. The first-order valence-corrected chi connectivity index (χ1v) is 11.2. The normalized spacial score (nSPS) is 12.9. The quantitative estimate of drug-likeness (QED) is 0.446. The summed E-state index contributed by atoms with van der Waals surface area (Å²) in [5.74, 6) is -1.96. The predicted molar refractivity (Wildman–Crippen MR) is 129 cm³/mol. The van der Waals surface area contributed by atoms with Crippen LogP contribution in [0.4, 0.5) is 10.5 Å². The molecule has 1 aliphatic carbocycles. The first-order valence-electron chi connectivity index (χ1n) is 11.2. The second-order valence-corrected chi connectivity index (χ2v) is 8.18. The van der Waals surface area contributed by atoms with E-state index >= 15 is 0 Å². The van der Waals surface area contributed by atoms with Gasteiger partial charge in [0.2, 0.25) is 0 Å². The number of fused-ring (bicyclic) bond motifs is 3. The number of carboxylic acid groups (broad SMARTS) is 1. The van der Waals surface area contributed by atoms with Crippen LogP contribution in [0.1, 0.15) is 40.7 Å². The lowest BCUT2D eigenvalue weighted by atomic mass is 9.98. The third-order valence-corrected chi connectivity index (χ3v) is 6.09. The van der Waals surface area contributed by atoms with Crippen molar-refractivity contribution in [2.45, 2.75) is 19.3 Å². The molecule has 2 amide bonds. The van der Waals surface area contributed by atoms with Gasteiger partial charge in [0, 0.05) is 23.7 Å². The summed E-state index contributed by atoms with van der Waals surface area (Å²) in [6.07, 6.45) is -0.148. The van der Waals surface area contributed by atoms with Crippen molar-refractivity contribution in [1.82, 2.24) is 5.32 Å². The van der Waals surface area contributed by atoms with Gasteiger partial charge in [0.15, 0.2) is 0 Å². The Morgan fingerprint density at radius 1 is 0.912 bits per heavy atom. The van der Waals surface area contributed by atoms with Gasteiger partial charge in [0.05, 0.1) is 5.92 Å². The molecule has 0 fully saturated rings. The van der Waals surface area contributed by atoms with Gasteiger partial charge >= 0.3 is 12.1 Å². The maximum Gasteiger partial charge on any atom is 0.411 e. The van der Waals surface area contributed by atoms with E-state index in [1.807, 2.05) is 24.3 Å². The molecular formula is C27H26N2O5. The van der Waals surface area contributed by atoms with Gasteiger partial charge in [-0.05, 0) is 52.9 Å². The van der Waals surface area contributed by atoms with E-state index in [0.717, 1.165) is 22.3 Å². The highest BCUT2D eigenvalue weighted by atomic mass is 16.5. The van der Waals surface area contributed by atoms with Gasteiger partial charge in [-0.15, -0.1) is 0 Å². The lowest BCUT2D eigenvalue weighted by molar-refractivity contribution is -0.141. The van der Waals surface area contributed by atoms with Gasteiger partial charge in [-0.1, -0.05) is 55.5 Å². The molecule has 0 aromatic heterocycles. The van der Waals surface area contributed by atoms with Crippen LogP contribution in [0.25, 0.3) is 11.1 Å². The number of benzene rings is 3. The Labute approximate surface area is 197 Å². The summed E-state index contributed by atoms with van der Waals surface area (Å²) in [5.41, 5.74) is 5.47. The Bertz CT molecular complexity index is 1160. The van der Waals surface area contributed by atoms with Crippen LogP contribution in [0.3, 0.4) is 0 Å². The van der Waals surface area contributed by atoms with Crippen LogP contribution in [0, 0.1) is 5.92 Å². The molecule has 1 aliphatic rings. The molecule has 174 valence electrons. The number of nitrogens with one attached hydrogen (secondary N) is 2. The molecule has 0 aliphatic heterocycles. The number of amides is 2. The van der Waals surface area contributed by atoms with Gasteiger partial charge in [-0.3, -0.25) is 14.9 Å². The monoisotopic (exact) mass is 458 g/mol. The largest absolute Gasteiger partial charge is 0.481 e. The molecule has 1 unspecified atom stereocenters. The number of hydrogen-bond donors (Lipinski definition) is 3. The molecule has 3 aromatic rings. The first-order chi connectivity index (χ1) is 16.5. The predicted octanol–water partition coefficient (Wildman–Crippen LogP) is 4.89. The minimum Gasteiger partial charge on any atom is -0.481 e. The Balaban J connectivity index is 1.33. The van der Waals surface area contributed by atoms with Crippen molar-refractivity contribution in [1.29, 1.82) is 0 Å². The van der Waals surface area contributed by atoms with Crippen molar-refractivity contribution in [2.24, 2.45) is 5.92 Å². The molecule has 7 nitrogen and oxygen atoms in total. The van der Waals surface area contributed by atoms with Crippen LogP contribution in [0.2, 0.25) is 0 Å². The maximum absolute atomic E-state index is 12.4. The van der Waals surface area contributed by atoms with Crippen LogP contribution >= 0.6 is 0 Å². The molecule has 3 aromatic carbocycles. The second kappa shape index (κ2) is 10.2. The zero-order valence-electron chi connectivity index (χ0n) is 18.8. The van der Waals surface area contributed by atoms with Crippen molar-refractivity contribution in [3.05, 3.63) is 89.5 Å². The van der Waals surface area contributed by atoms with E-state index < -0.39 is 18.0 Å². The summed E-state index contributed by atoms with van der Waals surface area (Å²) < 4.78 is 5.54. The minimum atomic E-state index is -0.939. The Kier molecular flexibility index (Phi) is 6.92. The van der Waals surface area contributed by atoms with E-state index in [4.69, 9.17) is 9.84 Å². The topological polar surface area (TPSA) is 105 Å². The fourth-order valence-corrected chi connectivity index (χ4v) is 4.18. The van der Waals surface area contributed by atoms with Gasteiger partial charge in [-0.2, -0.15) is 0 Å². The van der Waals surface area contributed by atoms with Crippen LogP contribution in [-0.4, -0.2) is 36.2 Å². The standard InChI is InChI=1S/C27H26N2O5/c1-2-17(26(31)32)15-28-25(30)18-11-13-19(14-12-18)29-27(33)34-16-24-22-9-5-3-7-20(22)21-8-4-6-10-23(21)24/h3-14,17,24H,2,15-16H2,1H3,(H,28,30)(H,29,33)(H,31,32). The summed E-state index contributed by atoms with van der Waals surface area (Å²) in [5, 5.41) is 14.4. The molecule has 0 saturated carbocycles. The summed E-state index contributed by atoms with van der Waals surface area (Å²) in [7, 11) is 0. The highest BCUT2D eigenvalue weighted by Gasteiger charge is 2.29. The SMILES string of the molecule is CCC(CNC(=O)c1ccc(NC(=O)OCC2c3ccccc3-c3ccccc32)cc1)C(=O)O. The van der Waals surface area contributed by atoms with Gasteiger partial charge in [0.1, 0.15) is 6.61 Å². The van der Waals surface area contributed by atoms with Crippen molar-refractivity contribution < 1.29 is 24.2 Å². The van der Waals surface area contributed by atoms with E-state index in [-0.39, 0.29) is 25.0 Å². The number of ether oxygens (including phenoxy) is 1. The van der Waals surface area contributed by atoms with Gasteiger partial charge < -0.3 is 15.2 Å². The maximum atomic E-state index is 12.4. The third kappa shape index (κ3) is 4.93. The zero-order chi connectivity index (χ0) is 24.1. The van der Waals surface area contributed by atoms with Crippen LogP contribution in [-0.2, 0) is 9.53 Å². The Hall–Kier alpha value is -4.13. The number of carbonyl (C=O) groups is 3. The van der Waals surface area contributed by atoms with Crippen LogP contribution in [0.5, 0.6) is 0 Å². The number of carboxylic acids is 1. The lowest BCUT2D eigenvalue weighted by Gasteiger charge is -2.15. The highest BCUT2D eigenvalue weighted by molar-refractivity contribution is 5.95. The number of rotatable bonds is 8. The van der Waals surface area contributed by atoms with E-state index in [1.165, 1.54) is 0 Å². The lowest BCUT2D eigenvalue weighted by Crippen LogP contribution is -2.32. The molecular weight excluding hydrogens is 432 g/mol. The molecule has 0 saturated heterocycles. The minimum absolute atomic E-state index is 0.0260. The fraction of sp³-hybridized carbons (Fsp3) is 0.222. The summed E-state index contributed by atoms with van der Waals surface area (Å²) in [6.45, 7) is 2.03. The fourth-order valence-electron chi connectivity index (χ4n) is 4.18. The molecule has 34 heavy (non-hydrogen) atoms. The third-order valence-electron chi connectivity index (χ3n) is 6.09. The zero-order valence-corrected chi connectivity index (χ0v) is 18.8. The van der Waals surface area contributed by atoms with Crippen molar-refractivity contribution in [2.75, 3.05) is 18.5 Å². The molecule has 1 atom stereocenters. The molecule has 7 heteroatoms. The number of hydrogen-bond acceptors (Lipinski definition) is 4. The Morgan fingerprint density at radius 3 is 2.06 bits per heavy atom. The van der Waals surface area contributed by atoms with Crippen LogP contribution in [0.15, 0.2) is 72.8 Å². The number of carbonyl (C=O) groups excluding carboxylic acids is 2. The summed E-state index contributed by atoms with van der Waals surface area (Å²) in [6, 6.07) is 22.6. The summed E-state index contributed by atoms with van der Waals surface area (Å²) in [4.78, 5) is 35.8. The van der Waals surface area contributed by atoms with E-state index in [1.54, 1.807) is 31.2 Å². The molecule has 0 spiro atoms. The summed E-state index contributed by atoms with van der Waals surface area (Å²) >= 11 is 0. The van der Waals surface area contributed by atoms with Crippen molar-refractivity contribution in [3.63, 3.8) is 0 Å². The number of aliphatic carboxylic acids is 1. The van der Waals surface area contributed by atoms with E-state index in [2.05, 4.69) is 34.9 Å². The van der Waals surface area contributed by atoms with Gasteiger partial charge in [-0.25, -0.2) is 4.79 Å². The molecule has 3 N–H and O–H groups in total. The average Bonchev–Trinajstić information content (AvgIpc) is 3.17. The smallest absolute Gasteiger partial charge is 0.411 e. The van der Waals surface area contributed by atoms with Crippen LogP contribution < -0.4 is 10.6 Å². The van der Waals surface area contributed by atoms with Crippen molar-refractivity contribution in [3.8, 4) is 11.1 Å². The van der Waals surface area contributed by atoms with Crippen molar-refractivity contribution >= 4 is 23.7 Å². The molecule has 4 rings (SSSR count). The van der Waals surface area contributed by atoms with E-state index in [0.29, 0.717) is 17.7 Å². The molecule has 0 bridgehead atoms. The van der Waals surface area contributed by atoms with E-state index in [9.17, 15) is 14.4 Å². The number of anilines is 1. The first kappa shape index (κ1) is 23.0. The molecule has 0 radical (unpaired) electrons. The second-order valence-electron chi connectivity index (χ2n) is 8.18.